The highest BCUT2D eigenvalue weighted by Crippen LogP contribution is 2.32. The van der Waals surface area contributed by atoms with Crippen molar-refractivity contribution in [3.8, 4) is 11.3 Å². The van der Waals surface area contributed by atoms with E-state index in [1.165, 1.54) is 18.2 Å². The summed E-state index contributed by atoms with van der Waals surface area (Å²) >= 11 is 0. The molecule has 1 aromatic carbocycles. The number of carbonyl (C=O) groups excluding carboxylic acids is 3. The summed E-state index contributed by atoms with van der Waals surface area (Å²) in [5, 5.41) is 5.74. The Morgan fingerprint density at radius 3 is 2.32 bits per heavy atom. The number of aryl methyl sites for hydroxylation is 1. The fourth-order valence-electron chi connectivity index (χ4n) is 5.09. The molecule has 1 aliphatic carbocycles. The van der Waals surface area contributed by atoms with Gasteiger partial charge in [-0.1, -0.05) is 0 Å². The van der Waals surface area contributed by atoms with Crippen molar-refractivity contribution >= 4 is 34.1 Å². The molecule has 200 valence electrons. The van der Waals surface area contributed by atoms with E-state index in [1.807, 2.05) is 0 Å². The van der Waals surface area contributed by atoms with Gasteiger partial charge in [0.1, 0.15) is 5.82 Å². The third kappa shape index (κ3) is 5.60. The van der Waals surface area contributed by atoms with Gasteiger partial charge >= 0.3 is 0 Å². The Morgan fingerprint density at radius 2 is 1.71 bits per heavy atom. The normalized spacial score (nSPS) is 18.0. The fourth-order valence-corrected chi connectivity index (χ4v) is 6.02. The van der Waals surface area contributed by atoms with Crippen LogP contribution in [-0.4, -0.2) is 48.9 Å². The maximum Gasteiger partial charge on any atom is 0.294 e. The van der Waals surface area contributed by atoms with E-state index in [9.17, 15) is 23.0 Å². The van der Waals surface area contributed by atoms with Gasteiger partial charge in [0.2, 0.25) is 0 Å². The van der Waals surface area contributed by atoms with Crippen molar-refractivity contribution in [3.05, 3.63) is 70.9 Å². The van der Waals surface area contributed by atoms with Crippen molar-refractivity contribution in [2.24, 2.45) is 7.05 Å². The average molecular weight is 539 g/mol. The third-order valence-corrected chi connectivity index (χ3v) is 8.54. The van der Waals surface area contributed by atoms with Crippen molar-refractivity contribution in [1.29, 1.82) is 0 Å². The molecule has 2 N–H and O–H groups in total. The quantitative estimate of drug-likeness (QED) is 0.348. The molecular weight excluding hydrogens is 507 g/mol. The number of hydrogen-bond acceptors (Lipinski definition) is 5. The van der Waals surface area contributed by atoms with Gasteiger partial charge in [-0.05, 0) is 81.0 Å². The van der Waals surface area contributed by atoms with Gasteiger partial charge in [0.05, 0.1) is 17.0 Å². The molecule has 1 atom stereocenters. The smallest absolute Gasteiger partial charge is 0.294 e. The molecule has 0 radical (unpaired) electrons. The number of ketones is 1. The van der Waals surface area contributed by atoms with Crippen molar-refractivity contribution in [3.63, 3.8) is 0 Å². The summed E-state index contributed by atoms with van der Waals surface area (Å²) in [6.45, 7) is 3.24. The first kappa shape index (κ1) is 27.4. The van der Waals surface area contributed by atoms with E-state index in [-0.39, 0.29) is 28.4 Å². The van der Waals surface area contributed by atoms with Crippen molar-refractivity contribution in [1.82, 2.24) is 14.9 Å². The van der Waals surface area contributed by atoms with E-state index >= 15 is 0 Å². The summed E-state index contributed by atoms with van der Waals surface area (Å²) in [5.74, 6) is -2.34. The van der Waals surface area contributed by atoms with Crippen LogP contribution in [0.4, 0.5) is 10.1 Å². The van der Waals surface area contributed by atoms with Crippen LogP contribution in [0.2, 0.25) is 0 Å². The zero-order chi connectivity index (χ0) is 27.6. The third-order valence-electron chi connectivity index (χ3n) is 7.13. The Bertz CT molecular complexity index is 1410. The molecule has 0 saturated heterocycles. The molecule has 1 aliphatic rings. The van der Waals surface area contributed by atoms with Gasteiger partial charge < -0.3 is 15.2 Å². The number of aromatic nitrogens is 2. The first-order valence-corrected chi connectivity index (χ1v) is 14.0. The monoisotopic (exact) mass is 538 g/mol. The topological polar surface area (TPSA) is 110 Å². The highest BCUT2D eigenvalue weighted by molar-refractivity contribution is 7.84. The van der Waals surface area contributed by atoms with Crippen molar-refractivity contribution in [2.45, 2.75) is 50.8 Å². The molecule has 38 heavy (non-hydrogen) atoms. The van der Waals surface area contributed by atoms with Gasteiger partial charge in [0.15, 0.2) is 0 Å². The predicted octanol–water partition coefficient (Wildman–Crippen LogP) is 4.08. The Balaban J connectivity index is 1.65. The standard InChI is InChI=1S/C28H31FN4O4S/c1-16-15-20(7-10-22(16)29)32-27(35)23-17(2)24(33(3)25(23)18-11-13-30-14-12-18)26(34)28(36)31-19-5-8-21(9-6-19)38(4)37/h7,10-15,19,21H,5-6,8-9H2,1-4H3,(H,31,36)(H,32,35). The molecule has 3 aromatic rings. The van der Waals surface area contributed by atoms with E-state index in [4.69, 9.17) is 0 Å². The van der Waals surface area contributed by atoms with Crippen molar-refractivity contribution in [2.75, 3.05) is 11.6 Å². The lowest BCUT2D eigenvalue weighted by Gasteiger charge is -2.27. The second-order valence-electron chi connectivity index (χ2n) is 9.69. The Morgan fingerprint density at radius 1 is 1.05 bits per heavy atom. The van der Waals surface area contributed by atoms with E-state index in [2.05, 4.69) is 15.6 Å². The minimum Gasteiger partial charge on any atom is -0.346 e. The molecule has 8 nitrogen and oxygen atoms in total. The number of nitrogens with zero attached hydrogens (tertiary/aromatic N) is 2. The van der Waals surface area contributed by atoms with Gasteiger partial charge in [0, 0.05) is 59.0 Å². The molecule has 1 saturated carbocycles. The maximum atomic E-state index is 13.7. The molecule has 2 aromatic heterocycles. The number of hydrogen-bond donors (Lipinski definition) is 2. The molecular formula is C28H31FN4O4S. The highest BCUT2D eigenvalue weighted by Gasteiger charge is 2.32. The molecule has 0 spiro atoms. The van der Waals surface area contributed by atoms with E-state index in [0.717, 1.165) is 12.8 Å². The summed E-state index contributed by atoms with van der Waals surface area (Å²) in [7, 11) is 0.734. The number of rotatable bonds is 7. The van der Waals surface area contributed by atoms with Gasteiger partial charge in [-0.3, -0.25) is 23.6 Å². The zero-order valence-electron chi connectivity index (χ0n) is 21.8. The molecule has 10 heteroatoms. The second-order valence-corrected chi connectivity index (χ2v) is 11.3. The Kier molecular flexibility index (Phi) is 8.20. The second kappa shape index (κ2) is 11.4. The number of pyridine rings is 1. The minimum atomic E-state index is -0.908. The largest absolute Gasteiger partial charge is 0.346 e. The zero-order valence-corrected chi connectivity index (χ0v) is 22.7. The summed E-state index contributed by atoms with van der Waals surface area (Å²) < 4.78 is 27.1. The molecule has 4 rings (SSSR count). The van der Waals surface area contributed by atoms with Crippen LogP contribution in [0.3, 0.4) is 0 Å². The van der Waals surface area contributed by atoms with Crippen LogP contribution in [0.25, 0.3) is 11.3 Å². The van der Waals surface area contributed by atoms with E-state index in [1.54, 1.807) is 56.2 Å². The number of benzene rings is 1. The molecule has 2 heterocycles. The van der Waals surface area contributed by atoms with Crippen LogP contribution in [-0.2, 0) is 22.6 Å². The number of amides is 2. The van der Waals surface area contributed by atoms with E-state index in [0.29, 0.717) is 40.9 Å². The number of Topliss-reactive ketones (excluding diaryl/α,β-unsaturated/α-hetero) is 1. The summed E-state index contributed by atoms with van der Waals surface area (Å²) in [6.07, 6.45) is 7.62. The lowest BCUT2D eigenvalue weighted by atomic mass is 9.94. The summed E-state index contributed by atoms with van der Waals surface area (Å²) in [5.41, 5.74) is 2.61. The van der Waals surface area contributed by atoms with Crippen LogP contribution in [0, 0.1) is 19.7 Å². The molecule has 1 unspecified atom stereocenters. The molecule has 2 amide bonds. The van der Waals surface area contributed by atoms with Crippen LogP contribution in [0.15, 0.2) is 42.7 Å². The fraction of sp³-hybridized carbons (Fsp3) is 0.357. The van der Waals surface area contributed by atoms with Crippen molar-refractivity contribution < 1.29 is 23.0 Å². The highest BCUT2D eigenvalue weighted by atomic mass is 32.2. The average Bonchev–Trinajstić information content (AvgIpc) is 3.16. The van der Waals surface area contributed by atoms with Crippen LogP contribution in [0.1, 0.15) is 57.7 Å². The van der Waals surface area contributed by atoms with Gasteiger partial charge in [-0.15, -0.1) is 0 Å². The number of carbonyl (C=O) groups is 3. The summed E-state index contributed by atoms with van der Waals surface area (Å²) in [4.78, 5) is 44.0. The van der Waals surface area contributed by atoms with Crippen LogP contribution >= 0.6 is 0 Å². The molecule has 0 aliphatic heterocycles. The van der Waals surface area contributed by atoms with Crippen LogP contribution < -0.4 is 10.6 Å². The van der Waals surface area contributed by atoms with Gasteiger partial charge in [-0.2, -0.15) is 0 Å². The van der Waals surface area contributed by atoms with E-state index < -0.39 is 28.4 Å². The van der Waals surface area contributed by atoms with Gasteiger partial charge in [0.25, 0.3) is 17.6 Å². The van der Waals surface area contributed by atoms with Crippen LogP contribution in [0.5, 0.6) is 0 Å². The first-order chi connectivity index (χ1) is 18.1. The Labute approximate surface area is 223 Å². The minimum absolute atomic E-state index is 0.109. The lowest BCUT2D eigenvalue weighted by Crippen LogP contribution is -2.42. The lowest BCUT2D eigenvalue weighted by molar-refractivity contribution is -0.117. The Hall–Kier alpha value is -3.66. The molecule has 1 fully saturated rings. The number of nitrogens with one attached hydrogen (secondary N) is 2. The number of halogens is 1. The number of anilines is 1. The summed E-state index contributed by atoms with van der Waals surface area (Å²) in [6, 6.07) is 7.54. The van der Waals surface area contributed by atoms with Gasteiger partial charge in [-0.25, -0.2) is 4.39 Å². The molecule has 0 bridgehead atoms. The predicted molar refractivity (Wildman–Crippen MR) is 145 cm³/mol. The first-order valence-electron chi connectivity index (χ1n) is 12.4. The SMILES string of the molecule is Cc1cc(NC(=O)c2c(C)c(C(=O)C(=O)NC3CCC(S(C)=O)CC3)n(C)c2-c2ccncc2)ccc1F. The maximum absolute atomic E-state index is 13.7.